The Morgan fingerprint density at radius 1 is 0.975 bits per heavy atom. The van der Waals surface area contributed by atoms with Gasteiger partial charge in [0.15, 0.2) is 11.3 Å². The van der Waals surface area contributed by atoms with E-state index in [1.54, 1.807) is 30.3 Å². The van der Waals surface area contributed by atoms with Gasteiger partial charge in [0.25, 0.3) is 0 Å². The number of carboxylic acids is 3. The highest BCUT2D eigenvalue weighted by Crippen LogP contribution is 2.40. The van der Waals surface area contributed by atoms with Gasteiger partial charge in [0, 0.05) is 17.4 Å². The molecule has 0 aliphatic rings. The fourth-order valence-corrected chi connectivity index (χ4v) is 4.75. The standard InChI is InChI=1S/C30H35NO9/c1-4-8-20-13-14-22-21(17-20)9-7-12-24(22)39-16-15-30(31,23-10-5-6-11-25(23)38-3)40-29(28(36)37,18-26(32)33)19(2)27(34)35/h5-7,9-14,17,19H,4,8,15-16,18,31H2,1-3H3,(H,32,33)(H,34,35)(H,36,37). The van der Waals surface area contributed by atoms with Gasteiger partial charge in [0.1, 0.15) is 11.5 Å². The van der Waals surface area contributed by atoms with Gasteiger partial charge in [-0.15, -0.1) is 0 Å². The number of para-hydroxylation sites is 1. The molecule has 0 aliphatic carbocycles. The number of aliphatic carboxylic acids is 3. The van der Waals surface area contributed by atoms with Crippen molar-refractivity contribution in [3.05, 3.63) is 71.8 Å². The molecule has 0 bridgehead atoms. The lowest BCUT2D eigenvalue weighted by atomic mass is 9.84. The fourth-order valence-electron chi connectivity index (χ4n) is 4.75. The molecule has 0 aromatic heterocycles. The molecule has 3 aromatic rings. The van der Waals surface area contributed by atoms with Gasteiger partial charge < -0.3 is 29.5 Å². The highest BCUT2D eigenvalue weighted by Gasteiger charge is 2.55. The molecule has 3 unspecified atom stereocenters. The number of fused-ring (bicyclic) bond motifs is 1. The molecule has 5 N–H and O–H groups in total. The van der Waals surface area contributed by atoms with Crippen LogP contribution < -0.4 is 15.2 Å². The van der Waals surface area contributed by atoms with Crippen LogP contribution in [0.25, 0.3) is 10.8 Å². The molecule has 0 fully saturated rings. The zero-order valence-corrected chi connectivity index (χ0v) is 22.8. The molecule has 10 nitrogen and oxygen atoms in total. The van der Waals surface area contributed by atoms with E-state index in [0.29, 0.717) is 5.75 Å². The van der Waals surface area contributed by atoms with Gasteiger partial charge in [-0.1, -0.05) is 61.9 Å². The Morgan fingerprint density at radius 2 is 1.68 bits per heavy atom. The van der Waals surface area contributed by atoms with Crippen molar-refractivity contribution in [1.29, 1.82) is 0 Å². The van der Waals surface area contributed by atoms with Crippen LogP contribution in [-0.4, -0.2) is 52.5 Å². The van der Waals surface area contributed by atoms with E-state index in [2.05, 4.69) is 13.0 Å². The van der Waals surface area contributed by atoms with Crippen LogP contribution in [0.4, 0.5) is 0 Å². The summed E-state index contributed by atoms with van der Waals surface area (Å²) in [5, 5.41) is 31.2. The minimum atomic E-state index is -2.71. The third-order valence-electron chi connectivity index (χ3n) is 6.95. The van der Waals surface area contributed by atoms with Crippen LogP contribution in [0, 0.1) is 5.92 Å². The second-order valence-electron chi connectivity index (χ2n) is 9.68. The molecule has 0 amide bonds. The van der Waals surface area contributed by atoms with Crippen LogP contribution in [0.5, 0.6) is 11.5 Å². The molecule has 40 heavy (non-hydrogen) atoms. The molecule has 0 saturated heterocycles. The minimum Gasteiger partial charge on any atom is -0.496 e. The Balaban J connectivity index is 2.02. The van der Waals surface area contributed by atoms with Gasteiger partial charge in [0.2, 0.25) is 0 Å². The van der Waals surface area contributed by atoms with E-state index in [-0.39, 0.29) is 24.3 Å². The van der Waals surface area contributed by atoms with Crippen molar-refractivity contribution < 1.29 is 43.9 Å². The van der Waals surface area contributed by atoms with Crippen molar-refractivity contribution in [2.24, 2.45) is 11.7 Å². The van der Waals surface area contributed by atoms with Crippen LogP contribution in [0.2, 0.25) is 0 Å². The van der Waals surface area contributed by atoms with Gasteiger partial charge in [-0.05, 0) is 36.4 Å². The number of hydrogen-bond acceptors (Lipinski definition) is 7. The second kappa shape index (κ2) is 12.8. The van der Waals surface area contributed by atoms with Crippen LogP contribution in [0.15, 0.2) is 60.7 Å². The second-order valence-corrected chi connectivity index (χ2v) is 9.68. The topological polar surface area (TPSA) is 166 Å². The first-order valence-corrected chi connectivity index (χ1v) is 12.9. The summed E-state index contributed by atoms with van der Waals surface area (Å²) in [5.41, 5.74) is 3.42. The minimum absolute atomic E-state index is 0.0748. The zero-order valence-electron chi connectivity index (χ0n) is 22.8. The summed E-state index contributed by atoms with van der Waals surface area (Å²) in [6, 6.07) is 18.2. The van der Waals surface area contributed by atoms with E-state index >= 15 is 0 Å². The lowest BCUT2D eigenvalue weighted by Gasteiger charge is -2.41. The van der Waals surface area contributed by atoms with Crippen LogP contribution in [0.1, 0.15) is 44.2 Å². The summed E-state index contributed by atoms with van der Waals surface area (Å²) in [6.07, 6.45) is 0.652. The summed E-state index contributed by atoms with van der Waals surface area (Å²) in [5.74, 6) is -5.84. The molecule has 3 aromatic carbocycles. The van der Waals surface area contributed by atoms with E-state index in [0.717, 1.165) is 30.5 Å². The molecule has 0 aliphatic heterocycles. The summed E-state index contributed by atoms with van der Waals surface area (Å²) >= 11 is 0. The van der Waals surface area contributed by atoms with E-state index in [9.17, 15) is 29.7 Å². The summed E-state index contributed by atoms with van der Waals surface area (Å²) in [6.45, 7) is 3.11. The predicted octanol–water partition coefficient (Wildman–Crippen LogP) is 4.42. The molecule has 3 rings (SSSR count). The van der Waals surface area contributed by atoms with E-state index in [4.69, 9.17) is 19.9 Å². The Hall–Kier alpha value is -4.15. The predicted molar refractivity (Wildman–Crippen MR) is 147 cm³/mol. The quantitative estimate of drug-likeness (QED) is 0.198. The van der Waals surface area contributed by atoms with Crippen LogP contribution in [-0.2, 0) is 31.3 Å². The average Bonchev–Trinajstić information content (AvgIpc) is 2.92. The Morgan fingerprint density at radius 3 is 2.30 bits per heavy atom. The average molecular weight is 554 g/mol. The van der Waals surface area contributed by atoms with Crippen molar-refractivity contribution in [3.63, 3.8) is 0 Å². The smallest absolute Gasteiger partial charge is 0.337 e. The van der Waals surface area contributed by atoms with Crippen molar-refractivity contribution in [3.8, 4) is 11.5 Å². The number of benzene rings is 3. The molecule has 0 radical (unpaired) electrons. The third kappa shape index (κ3) is 6.52. The Kier molecular flexibility index (Phi) is 9.73. The van der Waals surface area contributed by atoms with Crippen molar-refractivity contribution >= 4 is 28.7 Å². The molecule has 10 heteroatoms. The van der Waals surface area contributed by atoms with E-state index in [1.807, 2.05) is 24.3 Å². The van der Waals surface area contributed by atoms with Crippen molar-refractivity contribution in [2.75, 3.05) is 13.7 Å². The first-order valence-electron chi connectivity index (χ1n) is 12.9. The molecule has 0 spiro atoms. The maximum atomic E-state index is 12.5. The lowest BCUT2D eigenvalue weighted by Crippen LogP contribution is -2.58. The Labute approximate surface area is 232 Å². The molecule has 3 atom stereocenters. The number of methoxy groups -OCH3 is 1. The highest BCUT2D eigenvalue weighted by atomic mass is 16.6. The maximum Gasteiger partial charge on any atom is 0.337 e. The maximum absolute atomic E-state index is 12.5. The SMILES string of the molecule is CCCc1ccc2c(OCCC(N)(OC(CC(=O)O)(C(=O)O)C(C)C(=O)O)c3ccccc3OC)cccc2c1. The normalized spacial score (nSPS) is 15.0. The monoisotopic (exact) mass is 553 g/mol. The van der Waals surface area contributed by atoms with E-state index in [1.165, 1.54) is 12.7 Å². The van der Waals surface area contributed by atoms with Crippen molar-refractivity contribution in [1.82, 2.24) is 0 Å². The lowest BCUT2D eigenvalue weighted by molar-refractivity contribution is -0.219. The van der Waals surface area contributed by atoms with Gasteiger partial charge >= 0.3 is 17.9 Å². The van der Waals surface area contributed by atoms with Gasteiger partial charge in [-0.25, -0.2) is 4.79 Å². The van der Waals surface area contributed by atoms with Gasteiger partial charge in [-0.2, -0.15) is 0 Å². The summed E-state index contributed by atoms with van der Waals surface area (Å²) in [7, 11) is 1.39. The third-order valence-corrected chi connectivity index (χ3v) is 6.95. The zero-order chi connectivity index (χ0) is 29.5. The summed E-state index contributed by atoms with van der Waals surface area (Å²) < 4.78 is 17.5. The van der Waals surface area contributed by atoms with Crippen molar-refractivity contribution in [2.45, 2.75) is 50.9 Å². The van der Waals surface area contributed by atoms with Crippen LogP contribution in [0.3, 0.4) is 0 Å². The number of aryl methyl sites for hydroxylation is 1. The Bertz CT molecular complexity index is 1370. The molecule has 0 heterocycles. The highest BCUT2D eigenvalue weighted by molar-refractivity contribution is 5.90. The van der Waals surface area contributed by atoms with E-state index < -0.39 is 41.6 Å². The number of carboxylic acid groups (broad SMARTS) is 3. The number of hydrogen-bond donors (Lipinski definition) is 4. The van der Waals surface area contributed by atoms with Gasteiger partial charge in [0.05, 0.1) is 26.1 Å². The molecule has 214 valence electrons. The number of carbonyl (C=O) groups is 3. The number of ether oxygens (including phenoxy) is 3. The molecule has 0 saturated carbocycles. The van der Waals surface area contributed by atoms with Crippen LogP contribution >= 0.6 is 0 Å². The largest absolute Gasteiger partial charge is 0.496 e. The number of nitrogens with two attached hydrogens (primary N) is 1. The fraction of sp³-hybridized carbons (Fsp3) is 0.367. The number of rotatable bonds is 15. The molecular formula is C30H35NO9. The first kappa shape index (κ1) is 30.4. The first-order chi connectivity index (χ1) is 19.0. The van der Waals surface area contributed by atoms with Gasteiger partial charge in [-0.3, -0.25) is 15.3 Å². The molecular weight excluding hydrogens is 518 g/mol. The summed E-state index contributed by atoms with van der Waals surface area (Å²) in [4.78, 5) is 36.2.